The standard InChI is InChI=1S/C16H12BrClN4OS/c17-13-3-6-15(23)12(7-13)8-20-22-10-19-21-16(22)24-9-11-1-4-14(18)5-2-11/h1-8,10,23H,9H2/b20-8-. The lowest BCUT2D eigenvalue weighted by atomic mass is 10.2. The maximum atomic E-state index is 9.84. The molecule has 8 heteroatoms. The number of hydrogen-bond donors (Lipinski definition) is 1. The first-order chi connectivity index (χ1) is 11.6. The molecule has 1 N–H and O–H groups in total. The van der Waals surface area contributed by atoms with Crippen LogP contribution in [0.25, 0.3) is 0 Å². The first-order valence-corrected chi connectivity index (χ1v) is 9.07. The van der Waals surface area contributed by atoms with Gasteiger partial charge in [-0.05, 0) is 35.9 Å². The fourth-order valence-electron chi connectivity index (χ4n) is 1.88. The Hall–Kier alpha value is -1.83. The van der Waals surface area contributed by atoms with Crippen molar-refractivity contribution in [1.82, 2.24) is 14.9 Å². The third kappa shape index (κ3) is 4.37. The molecular formula is C16H12BrClN4OS. The van der Waals surface area contributed by atoms with Crippen LogP contribution in [0.15, 0.2) is 63.5 Å². The highest BCUT2D eigenvalue weighted by molar-refractivity contribution is 9.10. The van der Waals surface area contributed by atoms with E-state index in [1.54, 1.807) is 29.1 Å². The fourth-order valence-corrected chi connectivity index (χ4v) is 3.20. The molecule has 0 saturated carbocycles. The molecule has 24 heavy (non-hydrogen) atoms. The molecule has 0 spiro atoms. The average Bonchev–Trinajstić information content (AvgIpc) is 3.02. The summed E-state index contributed by atoms with van der Waals surface area (Å²) in [6, 6.07) is 12.8. The number of benzene rings is 2. The van der Waals surface area contributed by atoms with Crippen molar-refractivity contribution in [2.75, 3.05) is 0 Å². The Balaban J connectivity index is 1.72. The van der Waals surface area contributed by atoms with E-state index in [-0.39, 0.29) is 5.75 Å². The molecule has 3 aromatic rings. The number of rotatable bonds is 5. The maximum Gasteiger partial charge on any atom is 0.212 e. The number of phenolic OH excluding ortho intramolecular Hbond substituents is 1. The number of thioether (sulfide) groups is 1. The second-order valence-corrected chi connectivity index (χ2v) is 7.12. The zero-order chi connectivity index (χ0) is 16.9. The summed E-state index contributed by atoms with van der Waals surface area (Å²) >= 11 is 10.8. The van der Waals surface area contributed by atoms with Gasteiger partial charge in [-0.3, -0.25) is 0 Å². The van der Waals surface area contributed by atoms with E-state index in [2.05, 4.69) is 31.2 Å². The molecule has 0 radical (unpaired) electrons. The zero-order valence-electron chi connectivity index (χ0n) is 12.3. The van der Waals surface area contributed by atoms with Crippen molar-refractivity contribution in [2.45, 2.75) is 10.9 Å². The van der Waals surface area contributed by atoms with Crippen LogP contribution < -0.4 is 0 Å². The highest BCUT2D eigenvalue weighted by Gasteiger charge is 2.05. The minimum atomic E-state index is 0.158. The second-order valence-electron chi connectivity index (χ2n) is 4.82. The summed E-state index contributed by atoms with van der Waals surface area (Å²) in [5.74, 6) is 0.887. The predicted octanol–water partition coefficient (Wildman–Crippen LogP) is 4.57. The van der Waals surface area contributed by atoms with E-state index in [0.29, 0.717) is 15.7 Å². The number of phenols is 1. The van der Waals surface area contributed by atoms with Gasteiger partial charge in [-0.15, -0.1) is 10.2 Å². The molecule has 0 amide bonds. The smallest absolute Gasteiger partial charge is 0.212 e. The van der Waals surface area contributed by atoms with Crippen LogP contribution in [0.5, 0.6) is 5.75 Å². The lowest BCUT2D eigenvalue weighted by Crippen LogP contribution is -1.93. The first-order valence-electron chi connectivity index (χ1n) is 6.92. The summed E-state index contributed by atoms with van der Waals surface area (Å²) in [7, 11) is 0. The van der Waals surface area contributed by atoms with E-state index in [9.17, 15) is 5.11 Å². The van der Waals surface area contributed by atoms with Crippen LogP contribution in [0, 0.1) is 0 Å². The molecule has 1 heterocycles. The number of hydrogen-bond acceptors (Lipinski definition) is 5. The second kappa shape index (κ2) is 7.83. The molecule has 3 rings (SSSR count). The highest BCUT2D eigenvalue weighted by atomic mass is 79.9. The molecule has 0 aliphatic rings. The van der Waals surface area contributed by atoms with Crippen LogP contribution >= 0.6 is 39.3 Å². The van der Waals surface area contributed by atoms with Crippen LogP contribution in [-0.4, -0.2) is 26.2 Å². The van der Waals surface area contributed by atoms with Gasteiger partial charge < -0.3 is 5.11 Å². The van der Waals surface area contributed by atoms with Crippen molar-refractivity contribution in [2.24, 2.45) is 5.10 Å². The number of aromatic hydroxyl groups is 1. The van der Waals surface area contributed by atoms with Gasteiger partial charge in [-0.2, -0.15) is 9.78 Å². The quantitative estimate of drug-likeness (QED) is 0.482. The third-order valence-electron chi connectivity index (χ3n) is 3.09. The van der Waals surface area contributed by atoms with Crippen LogP contribution in [0.4, 0.5) is 0 Å². The summed E-state index contributed by atoms with van der Waals surface area (Å²) in [6.45, 7) is 0. The van der Waals surface area contributed by atoms with Gasteiger partial charge in [0.25, 0.3) is 0 Å². The maximum absolute atomic E-state index is 9.84. The molecule has 5 nitrogen and oxygen atoms in total. The SMILES string of the molecule is Oc1ccc(Br)cc1/C=N\n1cnnc1SCc1ccc(Cl)cc1. The molecule has 0 unspecified atom stereocenters. The molecular weight excluding hydrogens is 412 g/mol. The van der Waals surface area contributed by atoms with Gasteiger partial charge in [0.15, 0.2) is 0 Å². The molecule has 0 fully saturated rings. The van der Waals surface area contributed by atoms with E-state index < -0.39 is 0 Å². The summed E-state index contributed by atoms with van der Waals surface area (Å²) in [5, 5.41) is 23.5. The van der Waals surface area contributed by atoms with Gasteiger partial charge in [0.1, 0.15) is 12.1 Å². The van der Waals surface area contributed by atoms with Gasteiger partial charge in [0.2, 0.25) is 5.16 Å². The molecule has 0 atom stereocenters. The summed E-state index contributed by atoms with van der Waals surface area (Å²) < 4.78 is 2.43. The minimum Gasteiger partial charge on any atom is -0.507 e. The molecule has 0 saturated heterocycles. The summed E-state index contributed by atoms with van der Waals surface area (Å²) in [5.41, 5.74) is 1.74. The van der Waals surface area contributed by atoms with Crippen molar-refractivity contribution < 1.29 is 5.11 Å². The molecule has 0 bridgehead atoms. The molecule has 0 aliphatic carbocycles. The Kier molecular flexibility index (Phi) is 5.55. The van der Waals surface area contributed by atoms with Crippen molar-refractivity contribution >= 4 is 45.5 Å². The Morgan fingerprint density at radius 3 is 2.83 bits per heavy atom. The predicted molar refractivity (Wildman–Crippen MR) is 99.8 cm³/mol. The third-order valence-corrected chi connectivity index (χ3v) is 4.84. The molecule has 2 aromatic carbocycles. The minimum absolute atomic E-state index is 0.158. The number of aromatic nitrogens is 3. The Labute approximate surface area is 156 Å². The van der Waals surface area contributed by atoms with Gasteiger partial charge >= 0.3 is 0 Å². The Morgan fingerprint density at radius 2 is 2.04 bits per heavy atom. The monoisotopic (exact) mass is 422 g/mol. The van der Waals surface area contributed by atoms with Gasteiger partial charge in [-0.25, -0.2) is 0 Å². The van der Waals surface area contributed by atoms with E-state index in [1.807, 2.05) is 24.3 Å². The average molecular weight is 424 g/mol. The van der Waals surface area contributed by atoms with E-state index >= 15 is 0 Å². The normalized spacial score (nSPS) is 11.2. The van der Waals surface area contributed by atoms with Gasteiger partial charge in [0, 0.05) is 20.8 Å². The lowest BCUT2D eigenvalue weighted by molar-refractivity contribution is 0.474. The van der Waals surface area contributed by atoms with E-state index in [1.165, 1.54) is 18.1 Å². The van der Waals surface area contributed by atoms with Crippen molar-refractivity contribution in [3.8, 4) is 5.75 Å². The van der Waals surface area contributed by atoms with Gasteiger partial charge in [0.05, 0.1) is 6.21 Å². The number of halogens is 2. The van der Waals surface area contributed by atoms with Crippen LogP contribution in [0.1, 0.15) is 11.1 Å². The topological polar surface area (TPSA) is 63.3 Å². The van der Waals surface area contributed by atoms with Crippen LogP contribution in [-0.2, 0) is 5.75 Å². The first kappa shape index (κ1) is 17.0. The highest BCUT2D eigenvalue weighted by Crippen LogP contribution is 2.23. The molecule has 122 valence electrons. The van der Waals surface area contributed by atoms with Crippen molar-refractivity contribution in [3.05, 3.63) is 69.4 Å². The Morgan fingerprint density at radius 1 is 1.25 bits per heavy atom. The largest absolute Gasteiger partial charge is 0.507 e. The Bertz CT molecular complexity index is 867. The fraction of sp³-hybridized carbons (Fsp3) is 0.0625. The van der Waals surface area contributed by atoms with E-state index in [0.717, 1.165) is 15.8 Å². The van der Waals surface area contributed by atoms with E-state index in [4.69, 9.17) is 11.6 Å². The van der Waals surface area contributed by atoms with Crippen LogP contribution in [0.3, 0.4) is 0 Å². The van der Waals surface area contributed by atoms with Crippen LogP contribution in [0.2, 0.25) is 5.02 Å². The molecule has 1 aromatic heterocycles. The molecule has 0 aliphatic heterocycles. The lowest BCUT2D eigenvalue weighted by Gasteiger charge is -2.02. The van der Waals surface area contributed by atoms with Crippen molar-refractivity contribution in [3.63, 3.8) is 0 Å². The van der Waals surface area contributed by atoms with Gasteiger partial charge in [-0.1, -0.05) is 51.4 Å². The number of nitrogens with zero attached hydrogens (tertiary/aromatic N) is 4. The summed E-state index contributed by atoms with van der Waals surface area (Å²) in [4.78, 5) is 0. The zero-order valence-corrected chi connectivity index (χ0v) is 15.5. The summed E-state index contributed by atoms with van der Waals surface area (Å²) in [6.07, 6.45) is 3.09. The van der Waals surface area contributed by atoms with Crippen molar-refractivity contribution in [1.29, 1.82) is 0 Å².